The summed E-state index contributed by atoms with van der Waals surface area (Å²) in [5.74, 6) is -2.30. The molecule has 2 saturated heterocycles. The van der Waals surface area contributed by atoms with E-state index in [0.717, 1.165) is 24.7 Å². The zero-order chi connectivity index (χ0) is 40.2. The monoisotopic (exact) mass is 806 g/mol. The average Bonchev–Trinajstić information content (AvgIpc) is 3.69. The normalized spacial score (nSPS) is 23.8. The number of hydrogen-bond donors (Lipinski definition) is 10. The summed E-state index contributed by atoms with van der Waals surface area (Å²) in [6.45, 7) is 2.89. The number of aliphatic carboxylic acids is 1. The molecule has 23 heteroatoms. The Labute approximate surface area is 322 Å². The Morgan fingerprint density at radius 1 is 1.00 bits per heavy atom. The fourth-order valence-corrected chi connectivity index (χ4v) is 7.42. The highest BCUT2D eigenvalue weighted by Crippen LogP contribution is 2.33. The molecule has 3 rings (SSSR count). The molecule has 0 bridgehead atoms. The summed E-state index contributed by atoms with van der Waals surface area (Å²) in [6.07, 6.45) is -2.91. The standard InChI is InChI=1S/C32H54N8O14S/c1-18(42)37-26-19(38-30(33)34)15-22(29(45)46)53-28(26)27(21(43)16-41)54-32(48)36-6-8-50-10-12-52-14-13-51-11-9-49-7-5-35-24(44)4-2-3-23-25-20(17-55-23)39-31(47)40-25/h15,19-21,23,25-28,41,43H,2-14,16-17H2,1H3,(H,35,44)(H,36,48)(H,37,42)(H,45,46)(H4,33,34,38)(H2,39,40,47)/t19-,20-,21+,23-,25-,26+,27+,28?/m0/s1. The van der Waals surface area contributed by atoms with Gasteiger partial charge in [0.25, 0.3) is 0 Å². The maximum atomic E-state index is 12.6. The molecular formula is C32H54N8O14S. The van der Waals surface area contributed by atoms with Crippen LogP contribution in [-0.2, 0) is 42.8 Å². The quantitative estimate of drug-likeness (QED) is 0.0175. The van der Waals surface area contributed by atoms with Crippen molar-refractivity contribution in [2.75, 3.05) is 78.3 Å². The van der Waals surface area contributed by atoms with Gasteiger partial charge in [0, 0.05) is 37.4 Å². The summed E-state index contributed by atoms with van der Waals surface area (Å²) < 4.78 is 32.6. The number of aliphatic imine (C=N–C) groups is 1. The number of thioether (sulfide) groups is 1. The van der Waals surface area contributed by atoms with Crippen LogP contribution in [0.25, 0.3) is 0 Å². The van der Waals surface area contributed by atoms with Crippen molar-refractivity contribution in [2.45, 2.75) is 73.9 Å². The smallest absolute Gasteiger partial charge is 0.407 e. The maximum absolute atomic E-state index is 12.6. The van der Waals surface area contributed by atoms with Gasteiger partial charge in [0.2, 0.25) is 17.6 Å². The number of urea groups is 1. The zero-order valence-electron chi connectivity index (χ0n) is 30.6. The van der Waals surface area contributed by atoms with Gasteiger partial charge in [0.05, 0.1) is 83.6 Å². The Morgan fingerprint density at radius 3 is 2.20 bits per heavy atom. The summed E-state index contributed by atoms with van der Waals surface area (Å²) in [4.78, 5) is 63.7. The highest BCUT2D eigenvalue weighted by molar-refractivity contribution is 8.00. The lowest BCUT2D eigenvalue weighted by molar-refractivity contribution is -0.146. The van der Waals surface area contributed by atoms with Crippen LogP contribution in [0.5, 0.6) is 0 Å². The second kappa shape index (κ2) is 24.4. The van der Waals surface area contributed by atoms with E-state index < -0.39 is 66.7 Å². The number of nitrogens with two attached hydrogens (primary N) is 2. The molecule has 3 aliphatic rings. The first-order chi connectivity index (χ1) is 26.4. The van der Waals surface area contributed by atoms with E-state index in [4.69, 9.17) is 39.9 Å². The third-order valence-corrected chi connectivity index (χ3v) is 9.86. The number of guanidine groups is 1. The number of rotatable bonds is 26. The van der Waals surface area contributed by atoms with Crippen molar-refractivity contribution in [1.29, 1.82) is 0 Å². The van der Waals surface area contributed by atoms with E-state index in [0.29, 0.717) is 51.2 Å². The van der Waals surface area contributed by atoms with Crippen molar-refractivity contribution < 1.29 is 67.7 Å². The first-order valence-corrected chi connectivity index (χ1v) is 18.9. The molecule has 2 fully saturated rings. The van der Waals surface area contributed by atoms with Crippen molar-refractivity contribution in [3.63, 3.8) is 0 Å². The van der Waals surface area contributed by atoms with Crippen LogP contribution >= 0.6 is 11.8 Å². The molecule has 0 saturated carbocycles. The molecule has 55 heavy (non-hydrogen) atoms. The van der Waals surface area contributed by atoms with E-state index in [9.17, 15) is 39.3 Å². The zero-order valence-corrected chi connectivity index (χ0v) is 31.5. The van der Waals surface area contributed by atoms with Gasteiger partial charge in [0.1, 0.15) is 6.10 Å². The lowest BCUT2D eigenvalue weighted by Gasteiger charge is -2.39. The van der Waals surface area contributed by atoms with Gasteiger partial charge >= 0.3 is 18.1 Å². The Hall–Kier alpha value is -4.13. The predicted octanol–water partition coefficient (Wildman–Crippen LogP) is -3.53. The van der Waals surface area contributed by atoms with E-state index in [2.05, 4.69) is 31.6 Å². The minimum Gasteiger partial charge on any atom is -0.477 e. The molecule has 12 N–H and O–H groups in total. The number of nitrogens with one attached hydrogen (secondary N) is 5. The summed E-state index contributed by atoms with van der Waals surface area (Å²) in [5, 5.41) is 43.6. The third-order valence-electron chi connectivity index (χ3n) is 8.35. The highest BCUT2D eigenvalue weighted by Gasteiger charge is 2.46. The minimum atomic E-state index is -1.75. The number of nitrogens with zero attached hydrogens (tertiary/aromatic N) is 1. The molecule has 0 spiro atoms. The van der Waals surface area contributed by atoms with Crippen molar-refractivity contribution in [3.8, 4) is 0 Å². The van der Waals surface area contributed by atoms with Gasteiger partial charge in [-0.05, 0) is 18.9 Å². The average molecular weight is 807 g/mol. The highest BCUT2D eigenvalue weighted by atomic mass is 32.2. The van der Waals surface area contributed by atoms with Gasteiger partial charge in [-0.25, -0.2) is 19.4 Å². The number of alkyl carbamates (subject to hydrolysis) is 1. The van der Waals surface area contributed by atoms with E-state index in [-0.39, 0.29) is 50.4 Å². The minimum absolute atomic E-state index is 0.0222. The van der Waals surface area contributed by atoms with Gasteiger partial charge in [0.15, 0.2) is 18.2 Å². The molecule has 0 radical (unpaired) electrons. The fourth-order valence-electron chi connectivity index (χ4n) is 5.88. The van der Waals surface area contributed by atoms with Crippen LogP contribution in [0.15, 0.2) is 16.8 Å². The number of aliphatic hydroxyl groups is 2. The van der Waals surface area contributed by atoms with Crippen LogP contribution < -0.4 is 38.1 Å². The molecule has 0 aromatic carbocycles. The molecule has 3 aliphatic heterocycles. The van der Waals surface area contributed by atoms with Crippen molar-refractivity contribution in [2.24, 2.45) is 16.5 Å². The lowest BCUT2D eigenvalue weighted by atomic mass is 9.92. The topological polar surface area (TPSA) is 326 Å². The SMILES string of the molecule is CC(=O)N[C@H]1C([C@H](OC(=O)NCCOCCOCCOCCOCCNC(=O)CCC[C@@H]2SC[C@@H]3NC(=O)N[C@@H]32)[C@H](O)CO)OC(C(=O)O)=C[C@@H]1N=C(N)N. The van der Waals surface area contributed by atoms with Crippen molar-refractivity contribution in [1.82, 2.24) is 26.6 Å². The molecule has 3 heterocycles. The number of carbonyl (C=O) groups excluding carboxylic acids is 4. The number of carboxylic acid groups (broad SMARTS) is 1. The van der Waals surface area contributed by atoms with Gasteiger partial charge in [-0.3, -0.25) is 9.59 Å². The molecule has 0 aliphatic carbocycles. The summed E-state index contributed by atoms with van der Waals surface area (Å²) in [6, 6.07) is -2.18. The maximum Gasteiger partial charge on any atom is 0.407 e. The van der Waals surface area contributed by atoms with E-state index in [1.807, 2.05) is 11.8 Å². The Balaban J connectivity index is 1.19. The predicted molar refractivity (Wildman–Crippen MR) is 195 cm³/mol. The summed E-state index contributed by atoms with van der Waals surface area (Å²) >= 11 is 1.83. The number of hydrogen-bond acceptors (Lipinski definition) is 15. The molecule has 22 nitrogen and oxygen atoms in total. The van der Waals surface area contributed by atoms with Gasteiger partial charge < -0.3 is 81.8 Å². The molecule has 312 valence electrons. The van der Waals surface area contributed by atoms with Crippen LogP contribution in [0.3, 0.4) is 0 Å². The molecule has 5 amide bonds. The Bertz CT molecular complexity index is 1330. The summed E-state index contributed by atoms with van der Waals surface area (Å²) in [7, 11) is 0. The van der Waals surface area contributed by atoms with E-state index in [1.54, 1.807) is 0 Å². The van der Waals surface area contributed by atoms with Crippen LogP contribution in [-0.4, -0.2) is 177 Å². The van der Waals surface area contributed by atoms with Crippen molar-refractivity contribution >= 4 is 47.6 Å². The van der Waals surface area contributed by atoms with Gasteiger partial charge in [-0.1, -0.05) is 0 Å². The van der Waals surface area contributed by atoms with E-state index in [1.165, 1.54) is 6.92 Å². The number of aliphatic hydroxyl groups excluding tert-OH is 2. The largest absolute Gasteiger partial charge is 0.477 e. The first kappa shape index (κ1) is 45.3. The Morgan fingerprint density at radius 2 is 1.62 bits per heavy atom. The first-order valence-electron chi connectivity index (χ1n) is 17.9. The van der Waals surface area contributed by atoms with Crippen LogP contribution in [0.1, 0.15) is 26.2 Å². The van der Waals surface area contributed by atoms with Gasteiger partial charge in [-0.2, -0.15) is 11.8 Å². The Kier molecular flexibility index (Phi) is 20.1. The van der Waals surface area contributed by atoms with Gasteiger partial charge in [-0.15, -0.1) is 0 Å². The molecule has 1 unspecified atom stereocenters. The lowest BCUT2D eigenvalue weighted by Crippen LogP contribution is -2.61. The third kappa shape index (κ3) is 16.2. The van der Waals surface area contributed by atoms with E-state index >= 15 is 0 Å². The molecule has 8 atom stereocenters. The fraction of sp³-hybridized carbons (Fsp3) is 0.750. The summed E-state index contributed by atoms with van der Waals surface area (Å²) in [5.41, 5.74) is 11.0. The number of ether oxygens (including phenoxy) is 6. The number of carbonyl (C=O) groups is 5. The second-order valence-corrected chi connectivity index (χ2v) is 13.8. The van der Waals surface area contributed by atoms with Crippen LogP contribution in [0, 0.1) is 0 Å². The van der Waals surface area contributed by atoms with Crippen LogP contribution in [0.4, 0.5) is 9.59 Å². The molecule has 0 aromatic heterocycles. The molecule has 0 aromatic rings. The molecular weight excluding hydrogens is 752 g/mol. The van der Waals surface area contributed by atoms with Crippen molar-refractivity contribution in [3.05, 3.63) is 11.8 Å². The van der Waals surface area contributed by atoms with Crippen LogP contribution in [0.2, 0.25) is 0 Å². The number of carboxylic acids is 1. The number of fused-ring (bicyclic) bond motifs is 1. The second-order valence-electron chi connectivity index (χ2n) is 12.5. The number of amides is 5.